The Morgan fingerprint density at radius 1 is 1.88 bits per heavy atom. The van der Waals surface area contributed by atoms with Gasteiger partial charge in [-0.1, -0.05) is 6.92 Å². The lowest BCUT2D eigenvalue weighted by Gasteiger charge is -1.95. The minimum absolute atomic E-state index is 0.469. The van der Waals surface area contributed by atoms with E-state index in [9.17, 15) is 4.79 Å². The van der Waals surface area contributed by atoms with Crippen LogP contribution in [0.3, 0.4) is 0 Å². The summed E-state index contributed by atoms with van der Waals surface area (Å²) in [5.41, 5.74) is 4.76. The summed E-state index contributed by atoms with van der Waals surface area (Å²) in [7, 11) is 0. The SMILES string of the molecule is CCCSNC(N)=O. The fourth-order valence-corrected chi connectivity index (χ4v) is 0.673. The number of amides is 2. The van der Waals surface area contributed by atoms with Crippen molar-refractivity contribution < 1.29 is 4.79 Å². The van der Waals surface area contributed by atoms with E-state index in [1.807, 2.05) is 6.92 Å². The summed E-state index contributed by atoms with van der Waals surface area (Å²) in [6, 6.07) is -0.469. The summed E-state index contributed by atoms with van der Waals surface area (Å²) in [5, 5.41) is 0. The summed E-state index contributed by atoms with van der Waals surface area (Å²) in [6.45, 7) is 2.04. The molecule has 0 unspecified atom stereocenters. The molecule has 0 bridgehead atoms. The zero-order chi connectivity index (χ0) is 6.41. The quantitative estimate of drug-likeness (QED) is 0.441. The molecule has 2 amide bonds. The van der Waals surface area contributed by atoms with Crippen LogP contribution in [0.15, 0.2) is 0 Å². The minimum Gasteiger partial charge on any atom is -0.351 e. The molecule has 0 saturated heterocycles. The van der Waals surface area contributed by atoms with E-state index in [0.717, 1.165) is 12.2 Å². The van der Waals surface area contributed by atoms with Crippen molar-refractivity contribution in [3.05, 3.63) is 0 Å². The van der Waals surface area contributed by atoms with Crippen molar-refractivity contribution >= 4 is 18.0 Å². The Morgan fingerprint density at radius 2 is 2.50 bits per heavy atom. The molecule has 8 heavy (non-hydrogen) atoms. The van der Waals surface area contributed by atoms with Gasteiger partial charge in [-0.3, -0.25) is 4.72 Å². The van der Waals surface area contributed by atoms with Crippen molar-refractivity contribution in [2.24, 2.45) is 5.73 Å². The number of rotatable bonds is 3. The number of primary amides is 1. The van der Waals surface area contributed by atoms with Gasteiger partial charge in [0.05, 0.1) is 0 Å². The molecule has 0 radical (unpaired) electrons. The maximum atomic E-state index is 9.96. The monoisotopic (exact) mass is 134 g/mol. The van der Waals surface area contributed by atoms with E-state index in [1.54, 1.807) is 0 Å². The highest BCUT2D eigenvalue weighted by Crippen LogP contribution is 1.93. The molecule has 3 N–H and O–H groups in total. The van der Waals surface area contributed by atoms with Crippen LogP contribution in [-0.4, -0.2) is 11.8 Å². The Balaban J connectivity index is 2.82. The highest BCUT2D eigenvalue weighted by atomic mass is 32.2. The molecule has 48 valence electrons. The summed E-state index contributed by atoms with van der Waals surface area (Å²) in [4.78, 5) is 9.96. The van der Waals surface area contributed by atoms with Crippen LogP contribution >= 0.6 is 11.9 Å². The fraction of sp³-hybridized carbons (Fsp3) is 0.750. The summed E-state index contributed by atoms with van der Waals surface area (Å²) in [6.07, 6.45) is 1.05. The van der Waals surface area contributed by atoms with Crippen LogP contribution in [-0.2, 0) is 0 Å². The first-order valence-corrected chi connectivity index (χ1v) is 3.43. The minimum atomic E-state index is -0.469. The van der Waals surface area contributed by atoms with Gasteiger partial charge in [-0.2, -0.15) is 0 Å². The van der Waals surface area contributed by atoms with Crippen molar-refractivity contribution in [2.45, 2.75) is 13.3 Å². The lowest BCUT2D eigenvalue weighted by atomic mass is 10.6. The van der Waals surface area contributed by atoms with Gasteiger partial charge in [-0.15, -0.1) is 0 Å². The molecule has 4 heteroatoms. The molecule has 3 nitrogen and oxygen atoms in total. The Morgan fingerprint density at radius 3 is 2.88 bits per heavy atom. The molecule has 0 aromatic heterocycles. The van der Waals surface area contributed by atoms with Crippen molar-refractivity contribution in [3.63, 3.8) is 0 Å². The topological polar surface area (TPSA) is 55.1 Å². The first-order valence-electron chi connectivity index (χ1n) is 2.44. The first kappa shape index (κ1) is 7.62. The van der Waals surface area contributed by atoms with Crippen molar-refractivity contribution in [3.8, 4) is 0 Å². The molecule has 0 saturated carbocycles. The van der Waals surface area contributed by atoms with Crippen LogP contribution in [0.5, 0.6) is 0 Å². The van der Waals surface area contributed by atoms with Crippen LogP contribution in [0.4, 0.5) is 4.79 Å². The third-order valence-electron chi connectivity index (χ3n) is 0.479. The second-order valence-corrected chi connectivity index (χ2v) is 2.22. The third kappa shape index (κ3) is 5.62. The maximum absolute atomic E-state index is 9.96. The van der Waals surface area contributed by atoms with E-state index in [0.29, 0.717) is 0 Å². The molecular formula is C4H10N2OS. The molecule has 0 spiro atoms. The van der Waals surface area contributed by atoms with Gasteiger partial charge in [0, 0.05) is 5.75 Å². The van der Waals surface area contributed by atoms with Crippen LogP contribution in [0.25, 0.3) is 0 Å². The van der Waals surface area contributed by atoms with E-state index >= 15 is 0 Å². The fourth-order valence-electron chi connectivity index (χ4n) is 0.224. The Bertz CT molecular complexity index is 76.4. The van der Waals surface area contributed by atoms with Gasteiger partial charge < -0.3 is 5.73 Å². The molecule has 0 atom stereocenters. The van der Waals surface area contributed by atoms with Crippen molar-refractivity contribution in [1.29, 1.82) is 0 Å². The second-order valence-electron chi connectivity index (χ2n) is 1.31. The number of urea groups is 1. The molecule has 0 aliphatic carbocycles. The standard InChI is InChI=1S/C4H10N2OS/c1-2-3-8-6-4(5)7/h2-3H2,1H3,(H3,5,6,7). The number of nitrogens with one attached hydrogen (secondary N) is 1. The third-order valence-corrected chi connectivity index (χ3v) is 1.44. The summed E-state index contributed by atoms with van der Waals surface area (Å²) < 4.78 is 2.40. The Hall–Kier alpha value is -0.380. The van der Waals surface area contributed by atoms with Crippen molar-refractivity contribution in [2.75, 3.05) is 5.75 Å². The zero-order valence-corrected chi connectivity index (χ0v) is 5.62. The lowest BCUT2D eigenvalue weighted by Crippen LogP contribution is -2.23. The number of hydrogen-bond acceptors (Lipinski definition) is 2. The van der Waals surface area contributed by atoms with Gasteiger partial charge in [0.15, 0.2) is 0 Å². The molecule has 0 fully saturated rings. The molecule has 0 aromatic rings. The van der Waals surface area contributed by atoms with E-state index in [4.69, 9.17) is 5.73 Å². The Kier molecular flexibility index (Phi) is 4.54. The number of nitrogens with two attached hydrogens (primary N) is 1. The highest BCUT2D eigenvalue weighted by molar-refractivity contribution is 7.97. The molecular weight excluding hydrogens is 124 g/mol. The largest absolute Gasteiger partial charge is 0.351 e. The second kappa shape index (κ2) is 4.77. The zero-order valence-electron chi connectivity index (χ0n) is 4.81. The Labute approximate surface area is 53.1 Å². The first-order chi connectivity index (χ1) is 3.77. The predicted molar refractivity (Wildman–Crippen MR) is 35.5 cm³/mol. The van der Waals surface area contributed by atoms with Gasteiger partial charge in [0.1, 0.15) is 0 Å². The average molecular weight is 134 g/mol. The summed E-state index contributed by atoms with van der Waals surface area (Å²) >= 11 is 1.34. The highest BCUT2D eigenvalue weighted by Gasteiger charge is 1.87. The smallest absolute Gasteiger partial charge is 0.322 e. The maximum Gasteiger partial charge on any atom is 0.322 e. The van der Waals surface area contributed by atoms with Gasteiger partial charge in [-0.05, 0) is 18.4 Å². The van der Waals surface area contributed by atoms with Crippen LogP contribution in [0.2, 0.25) is 0 Å². The molecule has 0 rings (SSSR count). The van der Waals surface area contributed by atoms with E-state index in [1.165, 1.54) is 11.9 Å². The van der Waals surface area contributed by atoms with Crippen molar-refractivity contribution in [1.82, 2.24) is 4.72 Å². The molecule has 0 aliphatic rings. The van der Waals surface area contributed by atoms with E-state index < -0.39 is 6.03 Å². The van der Waals surface area contributed by atoms with Crippen LogP contribution in [0, 0.1) is 0 Å². The summed E-state index contributed by atoms with van der Waals surface area (Å²) in [5.74, 6) is 0.920. The van der Waals surface area contributed by atoms with Gasteiger partial charge in [0.2, 0.25) is 0 Å². The number of carbonyl (C=O) groups excluding carboxylic acids is 1. The average Bonchev–Trinajstić information content (AvgIpc) is 1.66. The van der Waals surface area contributed by atoms with Gasteiger partial charge in [-0.25, -0.2) is 4.79 Å². The number of carbonyl (C=O) groups is 1. The van der Waals surface area contributed by atoms with Gasteiger partial charge in [0.25, 0.3) is 0 Å². The molecule has 0 heterocycles. The van der Waals surface area contributed by atoms with Crippen LogP contribution < -0.4 is 10.5 Å². The predicted octanol–water partition coefficient (Wildman–Crippen LogP) is 0.713. The normalized spacial score (nSPS) is 8.62. The number of hydrogen-bond donors (Lipinski definition) is 2. The molecule has 0 aliphatic heterocycles. The van der Waals surface area contributed by atoms with Gasteiger partial charge >= 0.3 is 6.03 Å². The van der Waals surface area contributed by atoms with E-state index in [2.05, 4.69) is 4.72 Å². The lowest BCUT2D eigenvalue weighted by molar-refractivity contribution is 0.254. The molecule has 0 aromatic carbocycles. The van der Waals surface area contributed by atoms with Crippen LogP contribution in [0.1, 0.15) is 13.3 Å². The van der Waals surface area contributed by atoms with E-state index in [-0.39, 0.29) is 0 Å².